The van der Waals surface area contributed by atoms with Gasteiger partial charge in [-0.05, 0) is 26.7 Å². The minimum absolute atomic E-state index is 0.0201. The van der Waals surface area contributed by atoms with Crippen LogP contribution in [0.4, 0.5) is 0 Å². The number of amides is 2. The lowest BCUT2D eigenvalue weighted by Crippen LogP contribution is -2.56. The second kappa shape index (κ2) is 6.07. The summed E-state index contributed by atoms with van der Waals surface area (Å²) in [5.74, 6) is 0.731. The van der Waals surface area contributed by atoms with Crippen LogP contribution in [0, 0.1) is 13.8 Å². The van der Waals surface area contributed by atoms with E-state index in [0.29, 0.717) is 32.4 Å². The second-order valence-electron chi connectivity index (χ2n) is 5.10. The molecule has 1 atom stereocenters. The third-order valence-electron chi connectivity index (χ3n) is 3.81. The smallest absolute Gasteiger partial charge is 0.242 e. The Labute approximate surface area is 118 Å². The van der Waals surface area contributed by atoms with Crippen molar-refractivity contribution >= 4 is 11.8 Å². The van der Waals surface area contributed by atoms with Gasteiger partial charge in [0, 0.05) is 25.1 Å². The minimum Gasteiger partial charge on any atom is -0.361 e. The molecule has 6 nitrogen and oxygen atoms in total. The molecule has 1 N–H and O–H groups in total. The number of rotatable bonds is 4. The largest absolute Gasteiger partial charge is 0.361 e. The molecule has 1 unspecified atom stereocenters. The normalized spacial score (nSPS) is 19.1. The summed E-state index contributed by atoms with van der Waals surface area (Å²) >= 11 is 0. The molecule has 0 radical (unpaired) electrons. The molecule has 1 saturated heterocycles. The molecule has 6 heteroatoms. The molecular weight excluding hydrogens is 258 g/mol. The lowest BCUT2D eigenvalue weighted by atomic mass is 10.1. The summed E-state index contributed by atoms with van der Waals surface area (Å²) in [7, 11) is 0. The van der Waals surface area contributed by atoms with E-state index < -0.39 is 0 Å². The van der Waals surface area contributed by atoms with Gasteiger partial charge in [0.25, 0.3) is 0 Å². The number of nitrogens with one attached hydrogen (secondary N) is 1. The van der Waals surface area contributed by atoms with Gasteiger partial charge in [-0.3, -0.25) is 9.59 Å². The summed E-state index contributed by atoms with van der Waals surface area (Å²) in [6, 6.07) is -0.332. The van der Waals surface area contributed by atoms with Gasteiger partial charge in [-0.15, -0.1) is 0 Å². The zero-order chi connectivity index (χ0) is 14.7. The Morgan fingerprint density at radius 1 is 1.50 bits per heavy atom. The lowest BCUT2D eigenvalue weighted by molar-refractivity contribution is -0.143. The molecule has 2 rings (SSSR count). The Bertz CT molecular complexity index is 490. The van der Waals surface area contributed by atoms with Gasteiger partial charge >= 0.3 is 0 Å². The monoisotopic (exact) mass is 279 g/mol. The molecule has 0 aliphatic carbocycles. The first-order chi connectivity index (χ1) is 9.54. The number of carbonyl (C=O) groups is 2. The van der Waals surface area contributed by atoms with Crippen LogP contribution in [0.1, 0.15) is 36.8 Å². The van der Waals surface area contributed by atoms with Crippen molar-refractivity contribution in [1.29, 1.82) is 0 Å². The zero-order valence-corrected chi connectivity index (χ0v) is 12.2. The van der Waals surface area contributed by atoms with Crippen LogP contribution < -0.4 is 5.32 Å². The molecular formula is C14H21N3O3. The molecule has 110 valence electrons. The van der Waals surface area contributed by atoms with Crippen LogP contribution in [0.2, 0.25) is 0 Å². The van der Waals surface area contributed by atoms with Crippen LogP contribution in [-0.4, -0.2) is 41.0 Å². The second-order valence-corrected chi connectivity index (χ2v) is 5.10. The van der Waals surface area contributed by atoms with E-state index in [1.807, 2.05) is 20.8 Å². The first kappa shape index (κ1) is 14.6. The van der Waals surface area contributed by atoms with Crippen LogP contribution in [0.5, 0.6) is 0 Å². The predicted octanol–water partition coefficient (Wildman–Crippen LogP) is 0.961. The van der Waals surface area contributed by atoms with E-state index in [9.17, 15) is 9.59 Å². The number of aryl methyl sites for hydroxylation is 2. The van der Waals surface area contributed by atoms with Crippen molar-refractivity contribution in [3.63, 3.8) is 0 Å². The molecule has 1 fully saturated rings. The maximum atomic E-state index is 12.3. The Kier molecular flexibility index (Phi) is 4.42. The Morgan fingerprint density at radius 3 is 2.85 bits per heavy atom. The molecule has 0 saturated carbocycles. The number of piperazine rings is 1. The Balaban J connectivity index is 1.99. The van der Waals surface area contributed by atoms with Gasteiger partial charge in [0.1, 0.15) is 11.8 Å². The zero-order valence-electron chi connectivity index (χ0n) is 12.2. The fraction of sp³-hybridized carbons (Fsp3) is 0.643. The Morgan fingerprint density at radius 2 is 2.25 bits per heavy atom. The molecule has 0 spiro atoms. The first-order valence-corrected chi connectivity index (χ1v) is 7.03. The fourth-order valence-corrected chi connectivity index (χ4v) is 2.65. The van der Waals surface area contributed by atoms with Crippen molar-refractivity contribution < 1.29 is 14.1 Å². The van der Waals surface area contributed by atoms with Crippen LogP contribution in [0.25, 0.3) is 0 Å². The summed E-state index contributed by atoms with van der Waals surface area (Å²) in [5, 5.41) is 6.68. The third kappa shape index (κ3) is 2.84. The molecule has 0 aromatic carbocycles. The highest BCUT2D eigenvalue weighted by Crippen LogP contribution is 2.16. The molecule has 2 amide bonds. The van der Waals surface area contributed by atoms with Gasteiger partial charge in [-0.2, -0.15) is 0 Å². The van der Waals surface area contributed by atoms with Crippen LogP contribution in [0.15, 0.2) is 4.52 Å². The van der Waals surface area contributed by atoms with E-state index in [0.717, 1.165) is 17.0 Å². The van der Waals surface area contributed by atoms with Crippen LogP contribution in [0.3, 0.4) is 0 Å². The maximum absolute atomic E-state index is 12.3. The number of carbonyl (C=O) groups excluding carboxylic acids is 2. The van der Waals surface area contributed by atoms with Crippen molar-refractivity contribution in [1.82, 2.24) is 15.4 Å². The summed E-state index contributed by atoms with van der Waals surface area (Å²) in [6.07, 6.45) is 1.63. The van der Waals surface area contributed by atoms with Crippen LogP contribution >= 0.6 is 0 Å². The van der Waals surface area contributed by atoms with E-state index in [4.69, 9.17) is 4.52 Å². The third-order valence-corrected chi connectivity index (χ3v) is 3.81. The molecule has 1 aliphatic rings. The van der Waals surface area contributed by atoms with E-state index >= 15 is 0 Å². The molecule has 0 bridgehead atoms. The Hall–Kier alpha value is -1.85. The number of aromatic nitrogens is 1. The van der Waals surface area contributed by atoms with Crippen molar-refractivity contribution in [3.05, 3.63) is 17.0 Å². The van der Waals surface area contributed by atoms with Gasteiger partial charge < -0.3 is 14.7 Å². The van der Waals surface area contributed by atoms with Gasteiger partial charge in [0.15, 0.2) is 0 Å². The number of hydrogen-bond donors (Lipinski definition) is 1. The molecule has 1 aliphatic heterocycles. The predicted molar refractivity (Wildman–Crippen MR) is 73.1 cm³/mol. The van der Waals surface area contributed by atoms with Crippen LogP contribution in [-0.2, 0) is 16.0 Å². The summed E-state index contributed by atoms with van der Waals surface area (Å²) < 4.78 is 5.09. The molecule has 1 aromatic heterocycles. The fourth-order valence-electron chi connectivity index (χ4n) is 2.65. The van der Waals surface area contributed by atoms with Crippen molar-refractivity contribution in [2.45, 2.75) is 46.1 Å². The summed E-state index contributed by atoms with van der Waals surface area (Å²) in [5.41, 5.74) is 1.83. The van der Waals surface area contributed by atoms with Crippen molar-refractivity contribution in [3.8, 4) is 0 Å². The molecule has 2 heterocycles. The van der Waals surface area contributed by atoms with Gasteiger partial charge in [-0.1, -0.05) is 12.1 Å². The van der Waals surface area contributed by atoms with Gasteiger partial charge in [0.2, 0.25) is 11.8 Å². The van der Waals surface area contributed by atoms with E-state index in [2.05, 4.69) is 10.5 Å². The molecule has 20 heavy (non-hydrogen) atoms. The standard InChI is InChI=1S/C14H21N3O3/c1-4-12-14(19)15-7-8-17(12)13(18)6-5-11-9(2)16-20-10(11)3/h12H,4-8H2,1-3H3,(H,15,19). The number of hydrogen-bond acceptors (Lipinski definition) is 4. The lowest BCUT2D eigenvalue weighted by Gasteiger charge is -2.34. The SMILES string of the molecule is CCC1C(=O)NCCN1C(=O)CCc1c(C)noc1C. The average molecular weight is 279 g/mol. The van der Waals surface area contributed by atoms with Gasteiger partial charge in [-0.25, -0.2) is 0 Å². The highest BCUT2D eigenvalue weighted by atomic mass is 16.5. The van der Waals surface area contributed by atoms with Crippen molar-refractivity contribution in [2.24, 2.45) is 0 Å². The summed E-state index contributed by atoms with van der Waals surface area (Å²) in [6.45, 7) is 6.77. The number of nitrogens with zero attached hydrogens (tertiary/aromatic N) is 2. The highest BCUT2D eigenvalue weighted by molar-refractivity contribution is 5.88. The minimum atomic E-state index is -0.332. The summed E-state index contributed by atoms with van der Waals surface area (Å²) in [4.78, 5) is 25.8. The maximum Gasteiger partial charge on any atom is 0.242 e. The van der Waals surface area contributed by atoms with Gasteiger partial charge in [0.05, 0.1) is 5.69 Å². The van der Waals surface area contributed by atoms with E-state index in [1.54, 1.807) is 4.90 Å². The first-order valence-electron chi connectivity index (χ1n) is 7.03. The quantitative estimate of drug-likeness (QED) is 0.890. The van der Waals surface area contributed by atoms with E-state index in [-0.39, 0.29) is 17.9 Å². The average Bonchev–Trinajstić information content (AvgIpc) is 2.75. The van der Waals surface area contributed by atoms with E-state index in [1.165, 1.54) is 0 Å². The molecule has 1 aromatic rings. The highest BCUT2D eigenvalue weighted by Gasteiger charge is 2.31. The van der Waals surface area contributed by atoms with Crippen molar-refractivity contribution in [2.75, 3.05) is 13.1 Å². The topological polar surface area (TPSA) is 75.4 Å².